The second-order valence-electron chi connectivity index (χ2n) is 5.98. The Labute approximate surface area is 164 Å². The van der Waals surface area contributed by atoms with Crippen molar-refractivity contribution in [1.82, 2.24) is 15.5 Å². The highest BCUT2D eigenvalue weighted by Crippen LogP contribution is 2.23. The third kappa shape index (κ3) is 6.08. The van der Waals surface area contributed by atoms with Crippen molar-refractivity contribution in [2.45, 2.75) is 19.9 Å². The summed E-state index contributed by atoms with van der Waals surface area (Å²) >= 11 is 1.35. The van der Waals surface area contributed by atoms with Gasteiger partial charge in [-0.25, -0.2) is 0 Å². The summed E-state index contributed by atoms with van der Waals surface area (Å²) in [6, 6.07) is 11.5. The molecular weight excluding hydrogens is 362 g/mol. The summed E-state index contributed by atoms with van der Waals surface area (Å²) in [7, 11) is 1.64. The smallest absolute Gasteiger partial charge is 0.261 e. The molecule has 2 rings (SSSR count). The monoisotopic (exact) mass is 389 g/mol. The van der Waals surface area contributed by atoms with Crippen LogP contribution < -0.4 is 15.4 Å². The van der Waals surface area contributed by atoms with Crippen LogP contribution in [0, 0.1) is 0 Å². The number of methoxy groups -OCH3 is 1. The molecule has 1 aromatic carbocycles. The van der Waals surface area contributed by atoms with Gasteiger partial charge in [-0.15, -0.1) is 11.3 Å². The highest BCUT2D eigenvalue weighted by atomic mass is 32.1. The number of likely N-dealkylation sites (N-methyl/N-ethyl adjacent to an activating group) is 1. The molecule has 0 radical (unpaired) electrons. The summed E-state index contributed by atoms with van der Waals surface area (Å²) < 4.78 is 5.33. The molecule has 27 heavy (non-hydrogen) atoms. The van der Waals surface area contributed by atoms with Crippen LogP contribution in [-0.2, 0) is 4.79 Å². The van der Waals surface area contributed by atoms with Crippen LogP contribution in [0.1, 0.15) is 35.1 Å². The number of amides is 2. The zero-order chi connectivity index (χ0) is 19.6. The molecule has 1 aromatic heterocycles. The Bertz CT molecular complexity index is 730. The number of nitrogens with one attached hydrogen (secondary N) is 2. The van der Waals surface area contributed by atoms with Crippen LogP contribution in [0.25, 0.3) is 0 Å². The van der Waals surface area contributed by atoms with Gasteiger partial charge in [0.25, 0.3) is 5.91 Å². The molecule has 1 unspecified atom stereocenters. The van der Waals surface area contributed by atoms with Gasteiger partial charge in [-0.05, 0) is 42.2 Å². The van der Waals surface area contributed by atoms with E-state index in [1.54, 1.807) is 13.2 Å². The molecule has 7 heteroatoms. The van der Waals surface area contributed by atoms with E-state index < -0.39 is 0 Å². The minimum atomic E-state index is -0.228. The van der Waals surface area contributed by atoms with E-state index in [4.69, 9.17) is 4.74 Å². The van der Waals surface area contributed by atoms with Crippen LogP contribution in [0.5, 0.6) is 5.75 Å². The van der Waals surface area contributed by atoms with Gasteiger partial charge in [-0.3, -0.25) is 14.5 Å². The second-order valence-corrected chi connectivity index (χ2v) is 6.93. The van der Waals surface area contributed by atoms with Crippen molar-refractivity contribution in [2.24, 2.45) is 0 Å². The number of rotatable bonds is 10. The van der Waals surface area contributed by atoms with Crippen molar-refractivity contribution >= 4 is 23.2 Å². The van der Waals surface area contributed by atoms with Gasteiger partial charge in [0.05, 0.1) is 24.6 Å². The third-order valence-electron chi connectivity index (χ3n) is 4.38. The Hall–Kier alpha value is -2.38. The highest BCUT2D eigenvalue weighted by molar-refractivity contribution is 7.12. The number of hydrogen-bond donors (Lipinski definition) is 2. The van der Waals surface area contributed by atoms with E-state index in [1.165, 1.54) is 11.3 Å². The van der Waals surface area contributed by atoms with E-state index in [-0.39, 0.29) is 24.4 Å². The lowest BCUT2D eigenvalue weighted by molar-refractivity contribution is -0.120. The Morgan fingerprint density at radius 3 is 2.56 bits per heavy atom. The summed E-state index contributed by atoms with van der Waals surface area (Å²) in [5.74, 6) is 0.354. The molecule has 0 saturated carbocycles. The molecule has 0 saturated heterocycles. The zero-order valence-electron chi connectivity index (χ0n) is 16.0. The molecule has 0 aliphatic carbocycles. The van der Waals surface area contributed by atoms with Gasteiger partial charge in [-0.2, -0.15) is 0 Å². The first-order valence-corrected chi connectivity index (χ1v) is 9.93. The SMILES string of the molecule is CCN(CC)C(CNC(=O)CNC(=O)c1cccs1)c1cccc(OC)c1. The molecule has 0 fully saturated rings. The number of hydrogen-bond acceptors (Lipinski definition) is 5. The normalized spacial score (nSPS) is 11.9. The van der Waals surface area contributed by atoms with Crippen molar-refractivity contribution in [3.05, 3.63) is 52.2 Å². The number of benzene rings is 1. The molecule has 6 nitrogen and oxygen atoms in total. The van der Waals surface area contributed by atoms with E-state index in [0.29, 0.717) is 11.4 Å². The Balaban J connectivity index is 1.96. The first-order valence-electron chi connectivity index (χ1n) is 9.05. The minimum absolute atomic E-state index is 0.0343. The third-order valence-corrected chi connectivity index (χ3v) is 5.25. The van der Waals surface area contributed by atoms with Crippen molar-refractivity contribution in [2.75, 3.05) is 33.3 Å². The number of ether oxygens (including phenoxy) is 1. The van der Waals surface area contributed by atoms with Crippen molar-refractivity contribution < 1.29 is 14.3 Å². The lowest BCUT2D eigenvalue weighted by atomic mass is 10.0. The van der Waals surface area contributed by atoms with Gasteiger partial charge >= 0.3 is 0 Å². The average Bonchev–Trinajstić information content (AvgIpc) is 3.24. The average molecular weight is 390 g/mol. The predicted molar refractivity (Wildman–Crippen MR) is 108 cm³/mol. The highest BCUT2D eigenvalue weighted by Gasteiger charge is 2.19. The summed E-state index contributed by atoms with van der Waals surface area (Å²) in [6.07, 6.45) is 0. The maximum Gasteiger partial charge on any atom is 0.261 e. The molecule has 1 heterocycles. The topological polar surface area (TPSA) is 70.7 Å². The van der Waals surface area contributed by atoms with Crippen LogP contribution in [-0.4, -0.2) is 50.0 Å². The molecular formula is C20H27N3O3S. The molecule has 0 aliphatic heterocycles. The van der Waals surface area contributed by atoms with Gasteiger partial charge in [0.1, 0.15) is 5.75 Å². The summed E-state index contributed by atoms with van der Waals surface area (Å²) in [5, 5.41) is 7.42. The quantitative estimate of drug-likeness (QED) is 0.655. The first kappa shape index (κ1) is 20.9. The van der Waals surface area contributed by atoms with Crippen LogP contribution in [0.15, 0.2) is 41.8 Å². The second kappa shape index (κ2) is 10.7. The van der Waals surface area contributed by atoms with E-state index in [2.05, 4.69) is 29.4 Å². The Morgan fingerprint density at radius 2 is 1.93 bits per heavy atom. The fourth-order valence-electron chi connectivity index (χ4n) is 2.90. The minimum Gasteiger partial charge on any atom is -0.497 e. The lowest BCUT2D eigenvalue weighted by Crippen LogP contribution is -2.42. The number of carbonyl (C=O) groups excluding carboxylic acids is 2. The maximum absolute atomic E-state index is 12.2. The zero-order valence-corrected chi connectivity index (χ0v) is 16.8. The summed E-state index contributed by atoms with van der Waals surface area (Å²) in [5.41, 5.74) is 1.08. The van der Waals surface area contributed by atoms with Gasteiger partial charge in [0.2, 0.25) is 5.91 Å². The lowest BCUT2D eigenvalue weighted by Gasteiger charge is -2.30. The van der Waals surface area contributed by atoms with E-state index in [0.717, 1.165) is 24.4 Å². The predicted octanol–water partition coefficient (Wildman–Crippen LogP) is 2.69. The fraction of sp³-hybridized carbons (Fsp3) is 0.400. The van der Waals surface area contributed by atoms with Crippen molar-refractivity contribution in [3.8, 4) is 5.75 Å². The number of nitrogens with zero attached hydrogens (tertiary/aromatic N) is 1. The Kier molecular flexibility index (Phi) is 8.29. The molecule has 0 spiro atoms. The largest absolute Gasteiger partial charge is 0.497 e. The van der Waals surface area contributed by atoms with Gasteiger partial charge in [0, 0.05) is 6.54 Å². The maximum atomic E-state index is 12.2. The van der Waals surface area contributed by atoms with Crippen molar-refractivity contribution in [1.29, 1.82) is 0 Å². The van der Waals surface area contributed by atoms with Crippen molar-refractivity contribution in [3.63, 3.8) is 0 Å². The van der Waals surface area contributed by atoms with E-state index in [9.17, 15) is 9.59 Å². The molecule has 146 valence electrons. The van der Waals surface area contributed by atoms with Crippen LogP contribution in [0.4, 0.5) is 0 Å². The molecule has 2 amide bonds. The molecule has 2 aromatic rings. The standard InChI is InChI=1S/C20H27N3O3S/c1-4-23(5-2)17(15-8-6-9-16(12-15)26-3)13-21-19(24)14-22-20(25)18-10-7-11-27-18/h6-12,17H,4-5,13-14H2,1-3H3,(H,21,24)(H,22,25). The molecule has 1 atom stereocenters. The van der Waals surface area contributed by atoms with Crippen LogP contribution in [0.2, 0.25) is 0 Å². The van der Waals surface area contributed by atoms with E-state index >= 15 is 0 Å². The van der Waals surface area contributed by atoms with E-state index in [1.807, 2.05) is 35.7 Å². The van der Waals surface area contributed by atoms with Gasteiger partial charge in [0.15, 0.2) is 0 Å². The van der Waals surface area contributed by atoms with Crippen LogP contribution >= 0.6 is 11.3 Å². The van der Waals surface area contributed by atoms with Gasteiger partial charge in [-0.1, -0.05) is 32.0 Å². The Morgan fingerprint density at radius 1 is 1.15 bits per heavy atom. The molecule has 0 bridgehead atoms. The fourth-order valence-corrected chi connectivity index (χ4v) is 3.54. The van der Waals surface area contributed by atoms with Crippen LogP contribution in [0.3, 0.4) is 0 Å². The number of carbonyl (C=O) groups is 2. The van der Waals surface area contributed by atoms with Gasteiger partial charge < -0.3 is 15.4 Å². The summed E-state index contributed by atoms with van der Waals surface area (Å²) in [6.45, 7) is 6.34. The molecule has 2 N–H and O–H groups in total. The number of thiophene rings is 1. The molecule has 0 aliphatic rings. The first-order chi connectivity index (χ1) is 13.1. The summed E-state index contributed by atoms with van der Waals surface area (Å²) in [4.78, 5) is 27.0.